The van der Waals surface area contributed by atoms with Gasteiger partial charge in [0.25, 0.3) is 5.91 Å². The largest absolute Gasteiger partial charge is 0.349 e. The first kappa shape index (κ1) is 19.5. The van der Waals surface area contributed by atoms with Crippen LogP contribution in [0, 0.1) is 5.92 Å². The van der Waals surface area contributed by atoms with Gasteiger partial charge in [0.15, 0.2) is 0 Å². The van der Waals surface area contributed by atoms with Gasteiger partial charge in [0.1, 0.15) is 5.69 Å². The molecule has 1 aliphatic carbocycles. The summed E-state index contributed by atoms with van der Waals surface area (Å²) in [6.07, 6.45) is 8.52. The molecule has 1 amide bonds. The number of likely N-dealkylation sites (tertiary alicyclic amines) is 1. The van der Waals surface area contributed by atoms with Crippen LogP contribution in [0.5, 0.6) is 0 Å². The van der Waals surface area contributed by atoms with Crippen LogP contribution in [0.4, 0.5) is 0 Å². The zero-order valence-corrected chi connectivity index (χ0v) is 18.2. The number of aromatic nitrogens is 4. The van der Waals surface area contributed by atoms with Crippen molar-refractivity contribution < 1.29 is 4.79 Å². The van der Waals surface area contributed by atoms with Crippen molar-refractivity contribution in [3.05, 3.63) is 54.5 Å². The lowest BCUT2D eigenvalue weighted by molar-refractivity contribution is 0.0943. The van der Waals surface area contributed by atoms with Gasteiger partial charge in [-0.1, -0.05) is 18.2 Å². The van der Waals surface area contributed by atoms with Gasteiger partial charge in [0, 0.05) is 37.4 Å². The van der Waals surface area contributed by atoms with Crippen LogP contribution in [0.25, 0.3) is 27.9 Å². The lowest BCUT2D eigenvalue weighted by atomic mass is 10.2. The summed E-state index contributed by atoms with van der Waals surface area (Å²) in [6, 6.07) is 12.3. The Morgan fingerprint density at radius 1 is 1.03 bits per heavy atom. The molecule has 3 aromatic heterocycles. The minimum atomic E-state index is -0.0742. The number of amides is 1. The van der Waals surface area contributed by atoms with Gasteiger partial charge in [0.05, 0.1) is 16.6 Å². The molecule has 0 unspecified atom stereocenters. The number of hydrogen-bond acceptors (Lipinski definition) is 4. The van der Waals surface area contributed by atoms with E-state index in [0.717, 1.165) is 48.5 Å². The summed E-state index contributed by atoms with van der Waals surface area (Å²) in [5.41, 5.74) is 3.89. The fourth-order valence-corrected chi connectivity index (χ4v) is 4.96. The van der Waals surface area contributed by atoms with Crippen molar-refractivity contribution in [3.8, 4) is 5.95 Å². The van der Waals surface area contributed by atoms with E-state index < -0.39 is 0 Å². The highest BCUT2D eigenvalue weighted by atomic mass is 16.2. The molecule has 0 atom stereocenters. The predicted molar refractivity (Wildman–Crippen MR) is 125 cm³/mol. The van der Waals surface area contributed by atoms with Crippen LogP contribution in [-0.4, -0.2) is 56.1 Å². The Hall–Kier alpha value is -3.19. The molecule has 0 bridgehead atoms. The molecule has 2 fully saturated rings. The van der Waals surface area contributed by atoms with Gasteiger partial charge in [-0.3, -0.25) is 9.36 Å². The SMILES string of the molecule is O=C(NCCN1CCCC1)c1cc2c(c3ccccc3n2CC2CC2)n1-c1ncccn1. The zero-order valence-electron chi connectivity index (χ0n) is 18.2. The van der Waals surface area contributed by atoms with E-state index >= 15 is 0 Å². The van der Waals surface area contributed by atoms with Crippen molar-refractivity contribution in [3.63, 3.8) is 0 Å². The molecule has 1 saturated carbocycles. The number of nitrogens with one attached hydrogen (secondary N) is 1. The van der Waals surface area contributed by atoms with Gasteiger partial charge in [-0.15, -0.1) is 0 Å². The molecule has 1 N–H and O–H groups in total. The highest BCUT2D eigenvalue weighted by Gasteiger charge is 2.27. The standard InChI is InChI=1S/C25H28N6O/c32-24(26-12-15-29-13-3-4-14-29)22-16-21-23(31(22)25-27-10-5-11-28-25)19-6-1-2-7-20(19)30(21)17-18-8-9-18/h1-2,5-7,10-11,16,18H,3-4,8-9,12-15,17H2,(H,26,32). The smallest absolute Gasteiger partial charge is 0.268 e. The van der Waals surface area contributed by atoms with Gasteiger partial charge in [-0.05, 0) is 62.9 Å². The second-order valence-electron chi connectivity index (χ2n) is 9.02. The van der Waals surface area contributed by atoms with Gasteiger partial charge in [0.2, 0.25) is 5.95 Å². The summed E-state index contributed by atoms with van der Waals surface area (Å²) in [5.74, 6) is 1.18. The number of carbonyl (C=O) groups is 1. The lowest BCUT2D eigenvalue weighted by Crippen LogP contribution is -2.34. The Morgan fingerprint density at radius 3 is 2.59 bits per heavy atom. The van der Waals surface area contributed by atoms with Gasteiger partial charge >= 0.3 is 0 Å². The van der Waals surface area contributed by atoms with Crippen molar-refractivity contribution in [2.45, 2.75) is 32.2 Å². The number of carbonyl (C=O) groups excluding carboxylic acids is 1. The minimum absolute atomic E-state index is 0.0742. The van der Waals surface area contributed by atoms with Crippen molar-refractivity contribution in [1.29, 1.82) is 0 Å². The molecular formula is C25H28N6O. The average Bonchev–Trinajstić information content (AvgIpc) is 3.22. The van der Waals surface area contributed by atoms with E-state index in [2.05, 4.69) is 49.0 Å². The van der Waals surface area contributed by atoms with E-state index in [1.807, 2.05) is 10.6 Å². The molecule has 1 saturated heterocycles. The zero-order chi connectivity index (χ0) is 21.5. The average molecular weight is 429 g/mol. The molecule has 2 aliphatic rings. The fourth-order valence-electron chi connectivity index (χ4n) is 4.96. The van der Waals surface area contributed by atoms with E-state index in [4.69, 9.17) is 0 Å². The molecular weight excluding hydrogens is 400 g/mol. The molecule has 6 rings (SSSR count). The summed E-state index contributed by atoms with van der Waals surface area (Å²) in [7, 11) is 0. The Kier molecular flexibility index (Phi) is 4.91. The Labute approximate surface area is 187 Å². The monoisotopic (exact) mass is 428 g/mol. The third kappa shape index (κ3) is 3.46. The Balaban J connectivity index is 1.44. The normalized spacial score (nSPS) is 16.9. The van der Waals surface area contributed by atoms with Crippen LogP contribution >= 0.6 is 0 Å². The molecule has 0 radical (unpaired) electrons. The lowest BCUT2D eigenvalue weighted by Gasteiger charge is -2.15. The Bertz CT molecular complexity index is 1260. The fraction of sp³-hybridized carbons (Fsp3) is 0.400. The minimum Gasteiger partial charge on any atom is -0.349 e. The molecule has 4 heterocycles. The molecule has 7 nitrogen and oxygen atoms in total. The predicted octanol–water partition coefficient (Wildman–Crippen LogP) is 3.61. The number of fused-ring (bicyclic) bond motifs is 3. The van der Waals surface area contributed by atoms with Crippen LogP contribution in [0.2, 0.25) is 0 Å². The maximum Gasteiger partial charge on any atom is 0.268 e. The summed E-state index contributed by atoms with van der Waals surface area (Å²) in [5, 5.41) is 4.27. The van der Waals surface area contributed by atoms with Gasteiger partial charge < -0.3 is 14.8 Å². The summed E-state index contributed by atoms with van der Waals surface area (Å²) >= 11 is 0. The first-order valence-corrected chi connectivity index (χ1v) is 11.7. The maximum absolute atomic E-state index is 13.3. The van der Waals surface area contributed by atoms with Crippen molar-refractivity contribution >= 4 is 27.8 Å². The van der Waals surface area contributed by atoms with E-state index in [9.17, 15) is 4.79 Å². The van der Waals surface area contributed by atoms with Crippen LogP contribution in [0.3, 0.4) is 0 Å². The first-order valence-electron chi connectivity index (χ1n) is 11.7. The molecule has 4 aromatic rings. The highest BCUT2D eigenvalue weighted by Crippen LogP contribution is 2.37. The number of para-hydroxylation sites is 1. The number of rotatable bonds is 7. The molecule has 164 valence electrons. The van der Waals surface area contributed by atoms with Crippen LogP contribution in [0.15, 0.2) is 48.8 Å². The first-order chi connectivity index (χ1) is 15.8. The third-order valence-electron chi connectivity index (χ3n) is 6.76. The van der Waals surface area contributed by atoms with Crippen LogP contribution in [-0.2, 0) is 6.54 Å². The van der Waals surface area contributed by atoms with Crippen molar-refractivity contribution in [1.82, 2.24) is 29.3 Å². The van der Waals surface area contributed by atoms with Crippen molar-refractivity contribution in [2.75, 3.05) is 26.2 Å². The third-order valence-corrected chi connectivity index (χ3v) is 6.76. The van der Waals surface area contributed by atoms with E-state index in [0.29, 0.717) is 18.2 Å². The van der Waals surface area contributed by atoms with Crippen LogP contribution < -0.4 is 5.32 Å². The number of nitrogens with zero attached hydrogens (tertiary/aromatic N) is 5. The van der Waals surface area contributed by atoms with E-state index in [-0.39, 0.29) is 5.91 Å². The quantitative estimate of drug-likeness (QED) is 0.488. The summed E-state index contributed by atoms with van der Waals surface area (Å²) in [4.78, 5) is 24.8. The number of benzene rings is 1. The second kappa shape index (κ2) is 8.06. The molecule has 32 heavy (non-hydrogen) atoms. The Morgan fingerprint density at radius 2 is 1.81 bits per heavy atom. The molecule has 0 spiro atoms. The topological polar surface area (TPSA) is 68.0 Å². The summed E-state index contributed by atoms with van der Waals surface area (Å²) in [6.45, 7) is 4.79. The van der Waals surface area contributed by atoms with Crippen LogP contribution in [0.1, 0.15) is 36.2 Å². The molecule has 1 aromatic carbocycles. The molecule has 7 heteroatoms. The summed E-state index contributed by atoms with van der Waals surface area (Å²) < 4.78 is 4.31. The molecule has 1 aliphatic heterocycles. The van der Waals surface area contributed by atoms with Gasteiger partial charge in [-0.25, -0.2) is 9.97 Å². The second-order valence-corrected chi connectivity index (χ2v) is 9.02. The van der Waals surface area contributed by atoms with E-state index in [1.54, 1.807) is 18.5 Å². The number of hydrogen-bond donors (Lipinski definition) is 1. The highest BCUT2D eigenvalue weighted by molar-refractivity contribution is 6.10. The van der Waals surface area contributed by atoms with Crippen molar-refractivity contribution in [2.24, 2.45) is 5.92 Å². The maximum atomic E-state index is 13.3. The van der Waals surface area contributed by atoms with E-state index in [1.165, 1.54) is 31.2 Å². The van der Waals surface area contributed by atoms with Gasteiger partial charge in [-0.2, -0.15) is 0 Å².